The van der Waals surface area contributed by atoms with Crippen LogP contribution in [-0.4, -0.2) is 16.6 Å². The first-order valence-corrected chi connectivity index (χ1v) is 9.76. The minimum atomic E-state index is 0.710. The first kappa shape index (κ1) is 14.7. The zero-order valence-corrected chi connectivity index (χ0v) is 14.6. The topological polar surface area (TPSA) is 28.7 Å². The Morgan fingerprint density at radius 2 is 1.78 bits per heavy atom. The number of benzene rings is 2. The summed E-state index contributed by atoms with van der Waals surface area (Å²) in [5.41, 5.74) is 10.7. The van der Waals surface area contributed by atoms with E-state index in [1.54, 1.807) is 0 Å². The van der Waals surface area contributed by atoms with E-state index in [1.807, 2.05) is 6.20 Å². The van der Waals surface area contributed by atoms with Gasteiger partial charge in [0.1, 0.15) is 5.57 Å². The first-order valence-electron chi connectivity index (χ1n) is 8.26. The predicted octanol–water partition coefficient (Wildman–Crippen LogP) is 4.34. The zero-order valence-electron chi connectivity index (χ0n) is 13.6. The van der Waals surface area contributed by atoms with E-state index in [1.165, 1.54) is 33.4 Å². The summed E-state index contributed by atoms with van der Waals surface area (Å²) in [6.07, 6.45) is 5.33. The van der Waals surface area contributed by atoms with Crippen molar-refractivity contribution in [2.75, 3.05) is 6.66 Å². The molecule has 0 spiro atoms. The summed E-state index contributed by atoms with van der Waals surface area (Å²) < 4.78 is 0. The minimum Gasteiger partial charge on any atom is -0.339 e. The molecular formula is C20H21N2P. The van der Waals surface area contributed by atoms with E-state index in [9.17, 15) is 0 Å². The Morgan fingerprint density at radius 3 is 2.48 bits per heavy atom. The number of hydrogen-bond acceptors (Lipinski definition) is 1. The van der Waals surface area contributed by atoms with Crippen molar-refractivity contribution in [1.29, 1.82) is 0 Å². The van der Waals surface area contributed by atoms with Crippen molar-refractivity contribution < 1.29 is 0 Å². The lowest BCUT2D eigenvalue weighted by atomic mass is 9.83. The number of fused-ring (bicyclic) bond motifs is 3. The number of nitrogens with one attached hydrogen (secondary N) is 1. The third-order valence-corrected chi connectivity index (χ3v) is 5.49. The van der Waals surface area contributed by atoms with Gasteiger partial charge in [0.15, 0.2) is 0 Å². The molecule has 0 radical (unpaired) electrons. The normalized spacial score (nSPS) is 13.3. The molecule has 0 saturated heterocycles. The Kier molecular flexibility index (Phi) is 3.79. The van der Waals surface area contributed by atoms with Gasteiger partial charge in [-0.15, -0.1) is 0 Å². The van der Waals surface area contributed by atoms with Gasteiger partial charge in [0, 0.05) is 0 Å². The minimum absolute atomic E-state index is 0.710. The van der Waals surface area contributed by atoms with E-state index in [2.05, 4.69) is 60.0 Å². The van der Waals surface area contributed by atoms with Crippen LogP contribution < -0.4 is 5.57 Å². The Labute approximate surface area is 139 Å². The molecule has 0 bridgehead atoms. The maximum Gasteiger partial charge on any atom is 0.125 e. The summed E-state index contributed by atoms with van der Waals surface area (Å²) in [5, 5.41) is 0. The number of aromatic nitrogens is 2. The van der Waals surface area contributed by atoms with E-state index < -0.39 is 0 Å². The lowest BCUT2D eigenvalue weighted by Crippen LogP contribution is -2.05. The summed E-state index contributed by atoms with van der Waals surface area (Å²) in [4.78, 5) is 7.86. The Bertz CT molecular complexity index is 864. The summed E-state index contributed by atoms with van der Waals surface area (Å²) in [6, 6.07) is 13.8. The van der Waals surface area contributed by atoms with Crippen molar-refractivity contribution in [2.45, 2.75) is 26.2 Å². The molecule has 23 heavy (non-hydrogen) atoms. The largest absolute Gasteiger partial charge is 0.339 e. The van der Waals surface area contributed by atoms with E-state index >= 15 is 0 Å². The molecule has 0 aliphatic heterocycles. The van der Waals surface area contributed by atoms with Gasteiger partial charge in [0.05, 0.1) is 11.9 Å². The highest BCUT2D eigenvalue weighted by atomic mass is 31.1. The fraction of sp³-hybridized carbons (Fsp3) is 0.250. The molecule has 2 aromatic carbocycles. The molecule has 3 aromatic rings. The summed E-state index contributed by atoms with van der Waals surface area (Å²) in [7, 11) is 0.710. The van der Waals surface area contributed by atoms with Crippen molar-refractivity contribution in [1.82, 2.24) is 9.97 Å². The van der Waals surface area contributed by atoms with Crippen LogP contribution >= 0.6 is 8.58 Å². The zero-order chi connectivity index (χ0) is 15.8. The van der Waals surface area contributed by atoms with Crippen molar-refractivity contribution in [3.8, 4) is 22.4 Å². The van der Waals surface area contributed by atoms with Crippen molar-refractivity contribution in [3.05, 3.63) is 59.3 Å². The second-order valence-electron chi connectivity index (χ2n) is 6.11. The molecule has 0 amide bonds. The Morgan fingerprint density at radius 1 is 1.04 bits per heavy atom. The number of nitrogens with zero attached hydrogens (tertiary/aromatic N) is 1. The number of aryl methyl sites for hydroxylation is 3. The van der Waals surface area contributed by atoms with Gasteiger partial charge in [-0.3, -0.25) is 0 Å². The van der Waals surface area contributed by atoms with Gasteiger partial charge in [-0.2, -0.15) is 0 Å². The molecular weight excluding hydrogens is 299 g/mol. The van der Waals surface area contributed by atoms with Crippen LogP contribution in [0.2, 0.25) is 0 Å². The van der Waals surface area contributed by atoms with Crippen molar-refractivity contribution in [2.24, 2.45) is 0 Å². The number of rotatable bonds is 3. The van der Waals surface area contributed by atoms with E-state index in [-0.39, 0.29) is 0 Å². The quantitative estimate of drug-likeness (QED) is 0.715. The first-order chi connectivity index (χ1) is 11.3. The second kappa shape index (κ2) is 5.94. The molecule has 0 saturated carbocycles. The van der Waals surface area contributed by atoms with Gasteiger partial charge in [-0.1, -0.05) is 45.8 Å². The molecule has 1 aliphatic carbocycles. The van der Waals surface area contributed by atoms with Crippen molar-refractivity contribution >= 4 is 14.1 Å². The Balaban J connectivity index is 1.75. The monoisotopic (exact) mass is 320 g/mol. The number of H-pyrrole nitrogens is 1. The van der Waals surface area contributed by atoms with Crippen LogP contribution in [0.25, 0.3) is 22.4 Å². The lowest BCUT2D eigenvalue weighted by molar-refractivity contribution is 0.936. The van der Waals surface area contributed by atoms with Gasteiger partial charge in [0.2, 0.25) is 0 Å². The molecule has 1 aromatic heterocycles. The molecule has 1 N–H and O–H groups in total. The van der Waals surface area contributed by atoms with Crippen LogP contribution in [0, 0.1) is 0 Å². The molecule has 0 fully saturated rings. The number of aromatic amines is 1. The molecule has 3 heteroatoms. The molecule has 1 atom stereocenters. The highest BCUT2D eigenvalue weighted by molar-refractivity contribution is 7.45. The van der Waals surface area contributed by atoms with Gasteiger partial charge in [-0.05, 0) is 65.4 Å². The van der Waals surface area contributed by atoms with E-state index in [0.717, 1.165) is 30.5 Å². The number of imidazole rings is 1. The van der Waals surface area contributed by atoms with Crippen LogP contribution in [0.4, 0.5) is 0 Å². The van der Waals surface area contributed by atoms with Crippen LogP contribution in [0.15, 0.2) is 42.6 Å². The predicted molar refractivity (Wildman–Crippen MR) is 100 cm³/mol. The number of hydrogen-bond donors (Lipinski definition) is 1. The fourth-order valence-corrected chi connectivity index (χ4v) is 3.89. The molecule has 4 rings (SSSR count). The summed E-state index contributed by atoms with van der Waals surface area (Å²) >= 11 is 0. The van der Waals surface area contributed by atoms with Gasteiger partial charge in [-0.25, -0.2) is 4.98 Å². The standard InChI is InChI=1S/C20H21N2P/c1-3-13-4-8-17-14(10-13)5-6-15-11-16(7-9-18(15)17)19-12-21-20(22-19)23-2/h4,7-12,23H,3,5-6H2,1-2H3,(H,21,22). The van der Waals surface area contributed by atoms with E-state index in [4.69, 9.17) is 0 Å². The molecule has 2 nitrogen and oxygen atoms in total. The molecule has 116 valence electrons. The van der Waals surface area contributed by atoms with Crippen LogP contribution in [-0.2, 0) is 19.3 Å². The maximum atomic E-state index is 4.43. The van der Waals surface area contributed by atoms with E-state index in [0.29, 0.717) is 8.58 Å². The van der Waals surface area contributed by atoms with Crippen LogP contribution in [0.5, 0.6) is 0 Å². The average molecular weight is 320 g/mol. The van der Waals surface area contributed by atoms with Crippen LogP contribution in [0.1, 0.15) is 23.6 Å². The third-order valence-electron chi connectivity index (χ3n) is 4.76. The van der Waals surface area contributed by atoms with Crippen molar-refractivity contribution in [3.63, 3.8) is 0 Å². The average Bonchev–Trinajstić information content (AvgIpc) is 3.09. The van der Waals surface area contributed by atoms with Gasteiger partial charge >= 0.3 is 0 Å². The fourth-order valence-electron chi connectivity index (χ4n) is 3.43. The molecule has 1 unspecified atom stereocenters. The smallest absolute Gasteiger partial charge is 0.125 e. The van der Waals surface area contributed by atoms with Gasteiger partial charge in [0.25, 0.3) is 0 Å². The highest BCUT2D eigenvalue weighted by Crippen LogP contribution is 2.36. The lowest BCUT2D eigenvalue weighted by Gasteiger charge is -2.21. The summed E-state index contributed by atoms with van der Waals surface area (Å²) in [5.74, 6) is 0. The maximum absolute atomic E-state index is 4.43. The highest BCUT2D eigenvalue weighted by Gasteiger charge is 2.17. The SMILES string of the molecule is CCc1ccc2c(c1)CCc1cc(-c3cnc(PC)[nH]3)ccc1-2. The molecule has 1 aliphatic rings. The van der Waals surface area contributed by atoms with Gasteiger partial charge < -0.3 is 4.98 Å². The third kappa shape index (κ3) is 2.62. The summed E-state index contributed by atoms with van der Waals surface area (Å²) in [6.45, 7) is 4.37. The second-order valence-corrected chi connectivity index (χ2v) is 7.09. The molecule has 1 heterocycles. The Hall–Kier alpha value is -1.92. The van der Waals surface area contributed by atoms with Crippen LogP contribution in [0.3, 0.4) is 0 Å².